The summed E-state index contributed by atoms with van der Waals surface area (Å²) in [6.07, 6.45) is 5.48. The Bertz CT molecular complexity index is 664. The topological polar surface area (TPSA) is 49.8 Å². The number of nitrogens with one attached hydrogen (secondary N) is 2. The molecule has 0 aliphatic carbocycles. The van der Waals surface area contributed by atoms with Gasteiger partial charge in [-0.1, -0.05) is 24.3 Å². The molecule has 4 heteroatoms. The van der Waals surface area contributed by atoms with Crippen LogP contribution in [0.1, 0.15) is 11.4 Å². The smallest absolute Gasteiger partial charge is 0.0576 e. The van der Waals surface area contributed by atoms with Gasteiger partial charge in [0.1, 0.15) is 0 Å². The molecule has 0 radical (unpaired) electrons. The summed E-state index contributed by atoms with van der Waals surface area (Å²) in [5.74, 6) is 0. The molecule has 2 heterocycles. The monoisotopic (exact) mass is 318 g/mol. The molecule has 0 bridgehead atoms. The van der Waals surface area contributed by atoms with E-state index >= 15 is 0 Å². The third-order valence-electron chi connectivity index (χ3n) is 3.77. The van der Waals surface area contributed by atoms with Crippen LogP contribution >= 0.6 is 0 Å². The van der Waals surface area contributed by atoms with E-state index in [9.17, 15) is 0 Å². The summed E-state index contributed by atoms with van der Waals surface area (Å²) in [6, 6.07) is 20.3. The zero-order valence-corrected chi connectivity index (χ0v) is 13.7. The van der Waals surface area contributed by atoms with Crippen LogP contribution in [-0.2, 0) is 12.8 Å². The van der Waals surface area contributed by atoms with Crippen molar-refractivity contribution in [2.45, 2.75) is 12.8 Å². The molecule has 2 N–H and O–H groups in total. The van der Waals surface area contributed by atoms with Crippen molar-refractivity contribution < 1.29 is 0 Å². The van der Waals surface area contributed by atoms with E-state index in [4.69, 9.17) is 0 Å². The van der Waals surface area contributed by atoms with Gasteiger partial charge in [-0.2, -0.15) is 0 Å². The van der Waals surface area contributed by atoms with Crippen LogP contribution in [0.5, 0.6) is 0 Å². The molecule has 4 nitrogen and oxygen atoms in total. The summed E-state index contributed by atoms with van der Waals surface area (Å²) in [6.45, 7) is 1.71. The van der Waals surface area contributed by atoms with Gasteiger partial charge in [-0.15, -0.1) is 0 Å². The van der Waals surface area contributed by atoms with Crippen molar-refractivity contribution in [2.75, 3.05) is 23.7 Å². The van der Waals surface area contributed by atoms with Gasteiger partial charge in [0.25, 0.3) is 0 Å². The third-order valence-corrected chi connectivity index (χ3v) is 3.77. The summed E-state index contributed by atoms with van der Waals surface area (Å²) >= 11 is 0. The fourth-order valence-corrected chi connectivity index (χ4v) is 2.53. The molecule has 0 fully saturated rings. The van der Waals surface area contributed by atoms with Crippen molar-refractivity contribution in [3.8, 4) is 0 Å². The Labute approximate surface area is 143 Å². The van der Waals surface area contributed by atoms with E-state index in [0.29, 0.717) is 0 Å². The fourth-order valence-electron chi connectivity index (χ4n) is 2.53. The summed E-state index contributed by atoms with van der Waals surface area (Å²) in [4.78, 5) is 8.71. The largest absolute Gasteiger partial charge is 0.383 e. The number of para-hydroxylation sites is 2. The van der Waals surface area contributed by atoms with Crippen LogP contribution in [0.4, 0.5) is 11.4 Å². The van der Waals surface area contributed by atoms with Crippen molar-refractivity contribution >= 4 is 11.4 Å². The molecule has 0 aliphatic rings. The number of hydrogen-bond acceptors (Lipinski definition) is 4. The van der Waals surface area contributed by atoms with Crippen LogP contribution in [0.15, 0.2) is 73.1 Å². The number of pyridine rings is 2. The fraction of sp³-hybridized carbons (Fsp3) is 0.200. The van der Waals surface area contributed by atoms with Gasteiger partial charge < -0.3 is 10.6 Å². The highest BCUT2D eigenvalue weighted by Gasteiger charge is 2.01. The van der Waals surface area contributed by atoms with Gasteiger partial charge in [-0.25, -0.2) is 0 Å². The maximum Gasteiger partial charge on any atom is 0.0576 e. The first-order valence-electron chi connectivity index (χ1n) is 8.28. The second kappa shape index (κ2) is 8.67. The maximum atomic E-state index is 4.35. The molecular weight excluding hydrogens is 296 g/mol. The second-order valence-electron chi connectivity index (χ2n) is 5.54. The van der Waals surface area contributed by atoms with E-state index in [2.05, 4.69) is 44.9 Å². The van der Waals surface area contributed by atoms with Crippen LogP contribution in [-0.4, -0.2) is 23.1 Å². The van der Waals surface area contributed by atoms with Crippen molar-refractivity contribution in [1.29, 1.82) is 0 Å². The highest BCUT2D eigenvalue weighted by atomic mass is 15.0. The summed E-state index contributed by atoms with van der Waals surface area (Å²) < 4.78 is 0. The predicted molar refractivity (Wildman–Crippen MR) is 99.3 cm³/mol. The van der Waals surface area contributed by atoms with E-state index in [1.807, 2.05) is 48.8 Å². The minimum absolute atomic E-state index is 0.857. The number of nitrogens with zero attached hydrogens (tertiary/aromatic N) is 2. The number of anilines is 2. The summed E-state index contributed by atoms with van der Waals surface area (Å²) in [5.41, 5.74) is 4.44. The first-order valence-corrected chi connectivity index (χ1v) is 8.28. The van der Waals surface area contributed by atoms with Crippen LogP contribution in [0.2, 0.25) is 0 Å². The van der Waals surface area contributed by atoms with Crippen molar-refractivity contribution in [1.82, 2.24) is 9.97 Å². The molecule has 3 aromatic rings. The van der Waals surface area contributed by atoms with Gasteiger partial charge in [0.2, 0.25) is 0 Å². The molecule has 0 saturated heterocycles. The van der Waals surface area contributed by atoms with Crippen LogP contribution in [0.25, 0.3) is 0 Å². The lowest BCUT2D eigenvalue weighted by Crippen LogP contribution is -2.11. The molecule has 24 heavy (non-hydrogen) atoms. The average Bonchev–Trinajstić information content (AvgIpc) is 2.65. The van der Waals surface area contributed by atoms with Gasteiger partial charge >= 0.3 is 0 Å². The Morgan fingerprint density at radius 1 is 0.583 bits per heavy atom. The van der Waals surface area contributed by atoms with E-state index in [1.54, 1.807) is 0 Å². The minimum Gasteiger partial charge on any atom is -0.383 e. The van der Waals surface area contributed by atoms with E-state index < -0.39 is 0 Å². The van der Waals surface area contributed by atoms with Gasteiger partial charge in [0, 0.05) is 49.7 Å². The highest BCUT2D eigenvalue weighted by Crippen LogP contribution is 2.20. The molecule has 3 rings (SSSR count). The zero-order valence-electron chi connectivity index (χ0n) is 13.7. The van der Waals surface area contributed by atoms with Gasteiger partial charge in [0.15, 0.2) is 0 Å². The van der Waals surface area contributed by atoms with Crippen LogP contribution in [0, 0.1) is 0 Å². The first kappa shape index (κ1) is 16.0. The Morgan fingerprint density at radius 2 is 1.04 bits per heavy atom. The van der Waals surface area contributed by atoms with Gasteiger partial charge in [-0.3, -0.25) is 9.97 Å². The quantitative estimate of drug-likeness (QED) is 0.663. The number of aromatic nitrogens is 2. The van der Waals surface area contributed by atoms with Crippen molar-refractivity contribution in [3.63, 3.8) is 0 Å². The third kappa shape index (κ3) is 4.81. The maximum absolute atomic E-state index is 4.35. The lowest BCUT2D eigenvalue weighted by Gasteiger charge is -2.13. The van der Waals surface area contributed by atoms with Gasteiger partial charge in [0.05, 0.1) is 11.4 Å². The van der Waals surface area contributed by atoms with E-state index in [-0.39, 0.29) is 0 Å². The first-order chi connectivity index (χ1) is 11.9. The van der Waals surface area contributed by atoms with Crippen LogP contribution < -0.4 is 10.6 Å². The number of benzene rings is 1. The normalized spacial score (nSPS) is 10.3. The number of rotatable bonds is 8. The average molecular weight is 318 g/mol. The highest BCUT2D eigenvalue weighted by molar-refractivity contribution is 5.68. The SMILES string of the molecule is c1ccc(CCNc2ccccc2NCCc2ccccn2)nc1. The van der Waals surface area contributed by atoms with E-state index in [0.717, 1.165) is 48.7 Å². The standard InChI is InChI=1S/C20H22N4/c1-2-10-20(24-16-12-18-8-4-6-14-22-18)19(9-1)23-15-11-17-7-3-5-13-21-17/h1-10,13-14,23-24H,11-12,15-16H2. The van der Waals surface area contributed by atoms with Crippen molar-refractivity contribution in [3.05, 3.63) is 84.4 Å². The Hall–Kier alpha value is -2.88. The summed E-state index contributed by atoms with van der Waals surface area (Å²) in [7, 11) is 0. The molecule has 122 valence electrons. The van der Waals surface area contributed by atoms with Crippen LogP contribution in [0.3, 0.4) is 0 Å². The molecule has 2 aromatic heterocycles. The molecule has 1 aromatic carbocycles. The molecule has 0 aliphatic heterocycles. The Balaban J connectivity index is 1.51. The molecule has 0 saturated carbocycles. The van der Waals surface area contributed by atoms with Gasteiger partial charge in [-0.05, 0) is 36.4 Å². The Kier molecular flexibility index (Phi) is 5.78. The lowest BCUT2D eigenvalue weighted by atomic mass is 10.2. The predicted octanol–water partition coefficient (Wildman–Crippen LogP) is 3.79. The molecule has 0 amide bonds. The Morgan fingerprint density at radius 3 is 1.46 bits per heavy atom. The molecule has 0 unspecified atom stereocenters. The molecule has 0 spiro atoms. The van der Waals surface area contributed by atoms with Crippen molar-refractivity contribution in [2.24, 2.45) is 0 Å². The zero-order chi connectivity index (χ0) is 16.5. The lowest BCUT2D eigenvalue weighted by molar-refractivity contribution is 0.952. The molecule has 0 atom stereocenters. The molecular formula is C20H22N4. The second-order valence-corrected chi connectivity index (χ2v) is 5.54. The minimum atomic E-state index is 0.857. The summed E-state index contributed by atoms with van der Waals surface area (Å²) in [5, 5.41) is 6.98. The number of hydrogen-bond donors (Lipinski definition) is 2. The van der Waals surface area contributed by atoms with E-state index in [1.165, 1.54) is 0 Å².